The van der Waals surface area contributed by atoms with Gasteiger partial charge in [0.25, 0.3) is 0 Å². The number of H-pyrrole nitrogens is 1. The molecule has 0 radical (unpaired) electrons. The van der Waals surface area contributed by atoms with Crippen LogP contribution in [0, 0.1) is 0 Å². The molecular weight excluding hydrogens is 192 g/mol. The normalized spacial score (nSPS) is 11.5. The van der Waals surface area contributed by atoms with Crippen molar-refractivity contribution < 1.29 is 8.42 Å². The van der Waals surface area contributed by atoms with Crippen LogP contribution in [0.15, 0.2) is 23.1 Å². The van der Waals surface area contributed by atoms with Crippen LogP contribution in [0.3, 0.4) is 0 Å². The smallest absolute Gasteiger partial charge is 0.248 e. The van der Waals surface area contributed by atoms with Gasteiger partial charge in [-0.15, -0.1) is 0 Å². The van der Waals surface area contributed by atoms with Gasteiger partial charge in [-0.3, -0.25) is 4.79 Å². The maximum absolute atomic E-state index is 10.8. The van der Waals surface area contributed by atoms with Crippen LogP contribution in [-0.4, -0.2) is 19.7 Å². The molecule has 0 unspecified atom stereocenters. The van der Waals surface area contributed by atoms with Crippen molar-refractivity contribution in [1.29, 1.82) is 0 Å². The number of sulfonamides is 1. The summed E-state index contributed by atoms with van der Waals surface area (Å²) in [4.78, 5) is 13.2. The molecule has 5 nitrogen and oxygen atoms in total. The summed E-state index contributed by atoms with van der Waals surface area (Å²) in [6.07, 6.45) is 2.54. The van der Waals surface area contributed by atoms with Gasteiger partial charge < -0.3 is 4.98 Å². The molecule has 1 heterocycles. The molecule has 0 aliphatic carbocycles. The van der Waals surface area contributed by atoms with Crippen LogP contribution in [0.4, 0.5) is 0 Å². The average Bonchev–Trinajstić information content (AvgIpc) is 2.00. The zero-order valence-corrected chi connectivity index (χ0v) is 7.89. The van der Waals surface area contributed by atoms with E-state index in [2.05, 4.69) is 9.71 Å². The Kier molecular flexibility index (Phi) is 2.84. The van der Waals surface area contributed by atoms with E-state index in [9.17, 15) is 13.2 Å². The van der Waals surface area contributed by atoms with Gasteiger partial charge in [-0.1, -0.05) is 0 Å². The lowest BCUT2D eigenvalue weighted by molar-refractivity contribution is 0.587. The third kappa shape index (κ3) is 3.86. The van der Waals surface area contributed by atoms with Gasteiger partial charge in [-0.2, -0.15) is 0 Å². The molecule has 2 N–H and O–H groups in total. The van der Waals surface area contributed by atoms with Crippen LogP contribution < -0.4 is 10.3 Å². The van der Waals surface area contributed by atoms with Crippen molar-refractivity contribution in [2.75, 3.05) is 6.26 Å². The van der Waals surface area contributed by atoms with E-state index in [0.29, 0.717) is 5.56 Å². The van der Waals surface area contributed by atoms with E-state index in [-0.39, 0.29) is 12.1 Å². The quantitative estimate of drug-likeness (QED) is 0.688. The zero-order chi connectivity index (χ0) is 9.90. The van der Waals surface area contributed by atoms with E-state index >= 15 is 0 Å². The molecule has 0 amide bonds. The van der Waals surface area contributed by atoms with Gasteiger partial charge in [0, 0.05) is 18.8 Å². The molecule has 0 spiro atoms. The summed E-state index contributed by atoms with van der Waals surface area (Å²) in [5, 5.41) is 0. The highest BCUT2D eigenvalue weighted by atomic mass is 32.2. The molecule has 0 saturated carbocycles. The van der Waals surface area contributed by atoms with Gasteiger partial charge in [-0.25, -0.2) is 13.1 Å². The number of rotatable bonds is 3. The van der Waals surface area contributed by atoms with Crippen molar-refractivity contribution in [1.82, 2.24) is 9.71 Å². The van der Waals surface area contributed by atoms with E-state index in [1.807, 2.05) is 0 Å². The van der Waals surface area contributed by atoms with Gasteiger partial charge in [0.05, 0.1) is 6.26 Å². The summed E-state index contributed by atoms with van der Waals surface area (Å²) in [5.41, 5.74) is 0.391. The Labute approximate surface area is 75.9 Å². The van der Waals surface area contributed by atoms with Crippen LogP contribution in [0.1, 0.15) is 5.56 Å². The monoisotopic (exact) mass is 202 g/mol. The fourth-order valence-corrected chi connectivity index (χ4v) is 1.24. The minimum Gasteiger partial charge on any atom is -0.329 e. The number of aromatic amines is 1. The van der Waals surface area contributed by atoms with Crippen LogP contribution in [0.25, 0.3) is 0 Å². The highest BCUT2D eigenvalue weighted by molar-refractivity contribution is 7.88. The Hall–Kier alpha value is -1.14. The van der Waals surface area contributed by atoms with Crippen molar-refractivity contribution in [3.63, 3.8) is 0 Å². The SMILES string of the molecule is CS(=O)(=O)NCc1cc[nH]c(=O)c1. The largest absolute Gasteiger partial charge is 0.329 e. The number of hydrogen-bond donors (Lipinski definition) is 2. The maximum Gasteiger partial charge on any atom is 0.248 e. The van der Waals surface area contributed by atoms with Gasteiger partial charge in [0.1, 0.15) is 0 Å². The molecular formula is C7H10N2O3S. The van der Waals surface area contributed by atoms with Crippen LogP contribution in [0.2, 0.25) is 0 Å². The minimum atomic E-state index is -3.20. The lowest BCUT2D eigenvalue weighted by Crippen LogP contribution is -2.22. The van der Waals surface area contributed by atoms with E-state index in [0.717, 1.165) is 6.26 Å². The van der Waals surface area contributed by atoms with Crippen LogP contribution in [0.5, 0.6) is 0 Å². The summed E-state index contributed by atoms with van der Waals surface area (Å²) < 4.78 is 23.7. The summed E-state index contributed by atoms with van der Waals surface area (Å²) >= 11 is 0. The van der Waals surface area contributed by atoms with E-state index in [4.69, 9.17) is 0 Å². The highest BCUT2D eigenvalue weighted by Gasteiger charge is 2.00. The standard InChI is InChI=1S/C7H10N2O3S/c1-13(11,12)9-5-6-2-3-8-7(10)4-6/h2-4,9H,5H2,1H3,(H,8,10). The number of pyridine rings is 1. The Morgan fingerprint density at radius 2 is 2.23 bits per heavy atom. The van der Waals surface area contributed by atoms with Crippen molar-refractivity contribution in [3.05, 3.63) is 34.2 Å². The minimum absolute atomic E-state index is 0.142. The lowest BCUT2D eigenvalue weighted by Gasteiger charge is -2.00. The third-order valence-corrected chi connectivity index (χ3v) is 2.05. The molecule has 13 heavy (non-hydrogen) atoms. The first-order valence-corrected chi connectivity index (χ1v) is 5.49. The fraction of sp³-hybridized carbons (Fsp3) is 0.286. The Morgan fingerprint density at radius 3 is 2.77 bits per heavy atom. The van der Waals surface area contributed by atoms with Crippen molar-refractivity contribution >= 4 is 10.0 Å². The molecule has 0 aliphatic rings. The molecule has 1 aromatic heterocycles. The number of hydrogen-bond acceptors (Lipinski definition) is 3. The molecule has 72 valence electrons. The maximum atomic E-state index is 10.8. The third-order valence-electron chi connectivity index (χ3n) is 1.38. The second kappa shape index (κ2) is 3.71. The van der Waals surface area contributed by atoms with Crippen molar-refractivity contribution in [2.45, 2.75) is 6.54 Å². The molecule has 6 heteroatoms. The predicted molar refractivity (Wildman–Crippen MR) is 48.7 cm³/mol. The molecule has 0 atom stereocenters. The van der Waals surface area contributed by atoms with Crippen LogP contribution >= 0.6 is 0 Å². The van der Waals surface area contributed by atoms with Gasteiger partial charge in [-0.05, 0) is 11.6 Å². The average molecular weight is 202 g/mol. The topological polar surface area (TPSA) is 79.0 Å². The Balaban J connectivity index is 2.71. The first-order chi connectivity index (χ1) is 5.97. The highest BCUT2D eigenvalue weighted by Crippen LogP contribution is 1.92. The summed E-state index contributed by atoms with van der Waals surface area (Å²) in [6, 6.07) is 2.98. The molecule has 0 saturated heterocycles. The molecule has 1 aromatic rings. The van der Waals surface area contributed by atoms with Crippen molar-refractivity contribution in [3.8, 4) is 0 Å². The zero-order valence-electron chi connectivity index (χ0n) is 7.07. The first kappa shape index (κ1) is 9.94. The molecule has 1 rings (SSSR count). The number of nitrogens with one attached hydrogen (secondary N) is 2. The predicted octanol–water partition coefficient (Wildman–Crippen LogP) is -0.576. The van der Waals surface area contributed by atoms with Gasteiger partial charge >= 0.3 is 0 Å². The second-order valence-electron chi connectivity index (χ2n) is 2.65. The van der Waals surface area contributed by atoms with Crippen LogP contribution in [-0.2, 0) is 16.6 Å². The van der Waals surface area contributed by atoms with Gasteiger partial charge in [0.15, 0.2) is 0 Å². The Morgan fingerprint density at radius 1 is 1.54 bits per heavy atom. The second-order valence-corrected chi connectivity index (χ2v) is 4.49. The Bertz CT molecular complexity index is 435. The summed E-state index contributed by atoms with van der Waals surface area (Å²) in [6.45, 7) is 0.142. The van der Waals surface area contributed by atoms with Gasteiger partial charge in [0.2, 0.25) is 15.6 Å². The van der Waals surface area contributed by atoms with Crippen molar-refractivity contribution in [2.24, 2.45) is 0 Å². The summed E-state index contributed by atoms with van der Waals surface area (Å²) in [7, 11) is -3.20. The molecule has 0 aliphatic heterocycles. The molecule has 0 bridgehead atoms. The van der Waals surface area contributed by atoms with E-state index < -0.39 is 10.0 Å². The van der Waals surface area contributed by atoms with E-state index in [1.54, 1.807) is 6.07 Å². The summed E-state index contributed by atoms with van der Waals surface area (Å²) in [5.74, 6) is 0. The first-order valence-electron chi connectivity index (χ1n) is 3.59. The fourth-order valence-electron chi connectivity index (χ4n) is 0.813. The van der Waals surface area contributed by atoms with E-state index in [1.165, 1.54) is 12.3 Å². The molecule has 0 aromatic carbocycles. The number of aromatic nitrogens is 1. The molecule has 0 fully saturated rings. The lowest BCUT2D eigenvalue weighted by atomic mass is 10.3.